The van der Waals surface area contributed by atoms with Crippen LogP contribution in [0.1, 0.15) is 53.0 Å². The maximum Gasteiger partial charge on any atom is 0.389 e. The molecule has 1 heterocycles. The molecule has 9 nitrogen and oxygen atoms in total. The molecule has 2 aromatic rings. The number of amides is 2. The summed E-state index contributed by atoms with van der Waals surface area (Å²) in [5.74, 6) is -2.16. The van der Waals surface area contributed by atoms with Crippen LogP contribution in [-0.4, -0.2) is 82.9 Å². The Morgan fingerprint density at radius 2 is 1.88 bits per heavy atom. The molecule has 0 aliphatic carbocycles. The number of hydrogen-bond acceptors (Lipinski definition) is 6. The number of aliphatic hydroxyl groups excluding tert-OH is 1. The fourth-order valence-corrected chi connectivity index (χ4v) is 4.43. The molecule has 0 saturated carbocycles. The number of carboxylic acid groups (broad SMARTS) is 1. The SMILES string of the molecule is C[C@H](CO)N1C[C@H](C)[C@@H](CN(C)Cc2ccc(C(=O)O)cc2)Oc2ccc(NC(=O)CCC(F)(F)F)cc2C1=O. The van der Waals surface area contributed by atoms with Gasteiger partial charge in [-0.1, -0.05) is 19.1 Å². The number of nitrogens with zero attached hydrogens (tertiary/aromatic N) is 2. The topological polar surface area (TPSA) is 119 Å². The van der Waals surface area contributed by atoms with E-state index in [1.54, 1.807) is 19.1 Å². The van der Waals surface area contributed by atoms with Gasteiger partial charge in [-0.15, -0.1) is 0 Å². The Balaban J connectivity index is 1.82. The number of anilines is 1. The number of carbonyl (C=O) groups excluding carboxylic acids is 2. The molecule has 0 aromatic heterocycles. The van der Waals surface area contributed by atoms with Crippen LogP contribution in [0.25, 0.3) is 0 Å². The van der Waals surface area contributed by atoms with Gasteiger partial charge in [0.05, 0.1) is 30.2 Å². The molecule has 0 bridgehead atoms. The lowest BCUT2D eigenvalue weighted by molar-refractivity contribution is -0.142. The van der Waals surface area contributed by atoms with E-state index in [0.29, 0.717) is 13.1 Å². The number of aliphatic hydroxyl groups is 1. The molecule has 1 aliphatic heterocycles. The minimum atomic E-state index is -4.46. The minimum absolute atomic E-state index is 0.123. The van der Waals surface area contributed by atoms with Gasteiger partial charge in [0, 0.05) is 37.7 Å². The predicted octanol–water partition coefficient (Wildman–Crippen LogP) is 4.02. The standard InChI is InChI=1S/C28H34F3N3O6/c1-17-13-34(18(2)16-35)26(37)22-12-21(32-25(36)10-11-28(29,30)31)8-9-23(22)40-24(17)15-33(3)14-19-4-6-20(7-5-19)27(38)39/h4-9,12,17-18,24,35H,10-11,13-16H2,1-3H3,(H,32,36)(H,38,39)/t17-,18+,24+/m0/s1. The van der Waals surface area contributed by atoms with E-state index in [1.807, 2.05) is 18.9 Å². The summed E-state index contributed by atoms with van der Waals surface area (Å²) in [5, 5.41) is 21.3. The maximum atomic E-state index is 13.5. The number of carboxylic acids is 1. The Kier molecular flexibility index (Phi) is 10.2. The van der Waals surface area contributed by atoms with Crippen molar-refractivity contribution in [1.82, 2.24) is 9.80 Å². The first-order chi connectivity index (χ1) is 18.8. The van der Waals surface area contributed by atoms with Crippen LogP contribution in [0.2, 0.25) is 0 Å². The summed E-state index contributed by atoms with van der Waals surface area (Å²) in [7, 11) is 1.89. The summed E-state index contributed by atoms with van der Waals surface area (Å²) in [6, 6.07) is 10.4. The molecule has 12 heteroatoms. The molecule has 2 amide bonds. The lowest BCUT2D eigenvalue weighted by Gasteiger charge is -2.38. The van der Waals surface area contributed by atoms with E-state index in [9.17, 15) is 32.7 Å². The van der Waals surface area contributed by atoms with E-state index in [2.05, 4.69) is 5.32 Å². The molecule has 3 N–H and O–H groups in total. The number of rotatable bonds is 10. The number of benzene rings is 2. The first kappa shape index (κ1) is 30.9. The number of ether oxygens (including phenoxy) is 1. The third-order valence-electron chi connectivity index (χ3n) is 6.73. The van der Waals surface area contributed by atoms with Gasteiger partial charge >= 0.3 is 12.1 Å². The first-order valence-electron chi connectivity index (χ1n) is 12.9. The number of likely N-dealkylation sites (N-methyl/N-ethyl adjacent to an activating group) is 1. The average Bonchev–Trinajstić information content (AvgIpc) is 2.89. The molecule has 3 atom stereocenters. The molecule has 3 rings (SSSR count). The van der Waals surface area contributed by atoms with E-state index in [-0.39, 0.29) is 41.6 Å². The van der Waals surface area contributed by atoms with Crippen molar-refractivity contribution in [2.45, 2.75) is 51.6 Å². The Hall–Kier alpha value is -3.64. The summed E-state index contributed by atoms with van der Waals surface area (Å²) in [6.07, 6.45) is -6.86. The highest BCUT2D eigenvalue weighted by molar-refractivity contribution is 6.00. The second kappa shape index (κ2) is 13.1. The molecule has 2 aromatic carbocycles. The normalized spacial score (nSPS) is 18.4. The second-order valence-electron chi connectivity index (χ2n) is 10.2. The third kappa shape index (κ3) is 8.43. The van der Waals surface area contributed by atoms with Crippen molar-refractivity contribution < 1.29 is 42.5 Å². The zero-order chi connectivity index (χ0) is 29.6. The van der Waals surface area contributed by atoms with Crippen LogP contribution in [-0.2, 0) is 11.3 Å². The Labute approximate surface area is 230 Å². The predicted molar refractivity (Wildman–Crippen MR) is 141 cm³/mol. The highest BCUT2D eigenvalue weighted by atomic mass is 19.4. The summed E-state index contributed by atoms with van der Waals surface area (Å²) >= 11 is 0. The molecule has 1 aliphatic rings. The fourth-order valence-electron chi connectivity index (χ4n) is 4.43. The first-order valence-corrected chi connectivity index (χ1v) is 12.9. The van der Waals surface area contributed by atoms with Crippen molar-refractivity contribution in [3.8, 4) is 5.75 Å². The summed E-state index contributed by atoms with van der Waals surface area (Å²) in [6.45, 7) is 4.60. The molecule has 218 valence electrons. The average molecular weight is 566 g/mol. The Morgan fingerprint density at radius 1 is 1.20 bits per heavy atom. The minimum Gasteiger partial charge on any atom is -0.488 e. The van der Waals surface area contributed by atoms with Gasteiger partial charge in [0.1, 0.15) is 11.9 Å². The highest BCUT2D eigenvalue weighted by Crippen LogP contribution is 2.31. The van der Waals surface area contributed by atoms with Gasteiger partial charge in [-0.2, -0.15) is 13.2 Å². The van der Waals surface area contributed by atoms with Crippen molar-refractivity contribution in [3.63, 3.8) is 0 Å². The molecule has 0 radical (unpaired) electrons. The molecule has 0 unspecified atom stereocenters. The van der Waals surface area contributed by atoms with Gasteiger partial charge in [-0.3, -0.25) is 14.5 Å². The zero-order valence-electron chi connectivity index (χ0n) is 22.6. The van der Waals surface area contributed by atoms with Crippen molar-refractivity contribution in [1.29, 1.82) is 0 Å². The lowest BCUT2D eigenvalue weighted by atomic mass is 9.99. The monoisotopic (exact) mass is 565 g/mol. The van der Waals surface area contributed by atoms with Gasteiger partial charge in [-0.05, 0) is 49.9 Å². The van der Waals surface area contributed by atoms with Crippen molar-refractivity contribution in [2.24, 2.45) is 5.92 Å². The zero-order valence-corrected chi connectivity index (χ0v) is 22.6. The van der Waals surface area contributed by atoms with E-state index in [0.717, 1.165) is 5.56 Å². The third-order valence-corrected chi connectivity index (χ3v) is 6.73. The summed E-state index contributed by atoms with van der Waals surface area (Å²) in [4.78, 5) is 40.2. The van der Waals surface area contributed by atoms with Crippen LogP contribution in [0.15, 0.2) is 42.5 Å². The number of fused-ring (bicyclic) bond motifs is 1. The number of carbonyl (C=O) groups is 3. The molecular weight excluding hydrogens is 531 g/mol. The van der Waals surface area contributed by atoms with Gasteiger partial charge in [0.15, 0.2) is 0 Å². The van der Waals surface area contributed by atoms with Crippen molar-refractivity contribution >= 4 is 23.5 Å². The highest BCUT2D eigenvalue weighted by Gasteiger charge is 2.34. The molecular formula is C28H34F3N3O6. The summed E-state index contributed by atoms with van der Waals surface area (Å²) in [5.41, 5.74) is 1.38. The number of nitrogens with one attached hydrogen (secondary N) is 1. The van der Waals surface area contributed by atoms with Gasteiger partial charge in [0.2, 0.25) is 5.91 Å². The fraction of sp³-hybridized carbons (Fsp3) is 0.464. The molecule has 0 spiro atoms. The van der Waals surface area contributed by atoms with Crippen LogP contribution >= 0.6 is 0 Å². The molecule has 0 saturated heterocycles. The van der Waals surface area contributed by atoms with E-state index >= 15 is 0 Å². The van der Waals surface area contributed by atoms with Crippen LogP contribution in [0.3, 0.4) is 0 Å². The Morgan fingerprint density at radius 3 is 2.48 bits per heavy atom. The molecule has 40 heavy (non-hydrogen) atoms. The number of halogens is 3. The van der Waals surface area contributed by atoms with Crippen molar-refractivity contribution in [3.05, 3.63) is 59.2 Å². The smallest absolute Gasteiger partial charge is 0.389 e. The number of alkyl halides is 3. The van der Waals surface area contributed by atoms with Crippen LogP contribution in [0.5, 0.6) is 5.75 Å². The van der Waals surface area contributed by atoms with Crippen LogP contribution in [0.4, 0.5) is 18.9 Å². The Bertz CT molecular complexity index is 1200. The number of hydrogen-bond donors (Lipinski definition) is 3. The van der Waals surface area contributed by atoms with Gasteiger partial charge < -0.3 is 25.2 Å². The van der Waals surface area contributed by atoms with Crippen LogP contribution in [0, 0.1) is 5.92 Å². The van der Waals surface area contributed by atoms with E-state index < -0.39 is 48.9 Å². The maximum absolute atomic E-state index is 13.5. The van der Waals surface area contributed by atoms with Crippen molar-refractivity contribution in [2.75, 3.05) is 32.1 Å². The number of aromatic carboxylic acids is 1. The van der Waals surface area contributed by atoms with Crippen LogP contribution < -0.4 is 10.1 Å². The largest absolute Gasteiger partial charge is 0.488 e. The lowest BCUT2D eigenvalue weighted by Crippen LogP contribution is -2.49. The van der Waals surface area contributed by atoms with E-state index in [4.69, 9.17) is 9.84 Å². The second-order valence-corrected chi connectivity index (χ2v) is 10.2. The van der Waals surface area contributed by atoms with Gasteiger partial charge in [0.25, 0.3) is 5.91 Å². The quantitative estimate of drug-likeness (QED) is 0.398. The molecule has 0 fully saturated rings. The van der Waals surface area contributed by atoms with E-state index in [1.165, 1.54) is 35.2 Å². The summed E-state index contributed by atoms with van der Waals surface area (Å²) < 4.78 is 43.8. The van der Waals surface area contributed by atoms with Gasteiger partial charge in [-0.25, -0.2) is 4.79 Å².